The molecule has 4 nitrogen and oxygen atoms in total. The second kappa shape index (κ2) is 4.33. The van der Waals surface area contributed by atoms with Crippen LogP contribution in [0.3, 0.4) is 0 Å². The molecule has 1 aliphatic heterocycles. The van der Waals surface area contributed by atoms with Crippen LogP contribution < -0.4 is 5.32 Å². The van der Waals surface area contributed by atoms with Crippen molar-refractivity contribution in [3.63, 3.8) is 0 Å². The summed E-state index contributed by atoms with van der Waals surface area (Å²) in [7, 11) is 0. The molecule has 1 aromatic carbocycles. The first-order chi connectivity index (χ1) is 10.1. The van der Waals surface area contributed by atoms with Crippen molar-refractivity contribution in [3.8, 4) is 0 Å². The van der Waals surface area contributed by atoms with Gasteiger partial charge in [-0.3, -0.25) is 9.59 Å². The maximum atomic E-state index is 13.1. The van der Waals surface area contributed by atoms with Gasteiger partial charge in [-0.15, -0.1) is 0 Å². The fourth-order valence-electron chi connectivity index (χ4n) is 3.50. The van der Waals surface area contributed by atoms with E-state index in [2.05, 4.69) is 5.32 Å². The fraction of sp³-hybridized carbons (Fsp3) is 0.529. The highest BCUT2D eigenvalue weighted by Crippen LogP contribution is 2.46. The molecule has 1 aromatic rings. The van der Waals surface area contributed by atoms with Gasteiger partial charge >= 0.3 is 0 Å². The van der Waals surface area contributed by atoms with Crippen LogP contribution in [0.1, 0.15) is 44.2 Å². The van der Waals surface area contributed by atoms with E-state index in [0.29, 0.717) is 5.92 Å². The summed E-state index contributed by atoms with van der Waals surface area (Å²) in [5, 5.41) is 3.04. The first-order valence-corrected chi connectivity index (χ1v) is 7.81. The Morgan fingerprint density at radius 2 is 1.76 bits per heavy atom. The zero-order valence-electron chi connectivity index (χ0n) is 12.2. The second-order valence-corrected chi connectivity index (χ2v) is 6.72. The highest BCUT2D eigenvalue weighted by molar-refractivity contribution is 6.00. The Labute approximate surface area is 124 Å². The Morgan fingerprint density at radius 1 is 1.10 bits per heavy atom. The number of benzene rings is 1. The van der Waals surface area contributed by atoms with E-state index < -0.39 is 11.6 Å². The van der Waals surface area contributed by atoms with Crippen molar-refractivity contribution in [1.29, 1.82) is 0 Å². The van der Waals surface area contributed by atoms with Gasteiger partial charge in [-0.25, -0.2) is 0 Å². The summed E-state index contributed by atoms with van der Waals surface area (Å²) in [6.45, 7) is 1.90. The van der Waals surface area contributed by atoms with Gasteiger partial charge in [-0.2, -0.15) is 0 Å². The molecule has 2 aliphatic carbocycles. The van der Waals surface area contributed by atoms with Crippen LogP contribution in [0.5, 0.6) is 0 Å². The SMILES string of the molecule is CC1(C2CC2)NC(=O)C(c2ccccc2)N(C2CC2)C1=O. The van der Waals surface area contributed by atoms with Gasteiger partial charge in [0.15, 0.2) is 0 Å². The van der Waals surface area contributed by atoms with Gasteiger partial charge in [0.05, 0.1) is 0 Å². The van der Waals surface area contributed by atoms with E-state index in [1.807, 2.05) is 42.2 Å². The molecule has 1 heterocycles. The van der Waals surface area contributed by atoms with Crippen molar-refractivity contribution in [3.05, 3.63) is 35.9 Å². The molecule has 2 amide bonds. The van der Waals surface area contributed by atoms with Crippen LogP contribution in [0.15, 0.2) is 30.3 Å². The highest BCUT2D eigenvalue weighted by atomic mass is 16.2. The molecule has 21 heavy (non-hydrogen) atoms. The van der Waals surface area contributed by atoms with Crippen molar-refractivity contribution in [2.75, 3.05) is 0 Å². The second-order valence-electron chi connectivity index (χ2n) is 6.72. The van der Waals surface area contributed by atoms with E-state index in [1.54, 1.807) is 0 Å². The van der Waals surface area contributed by atoms with Crippen LogP contribution in [-0.2, 0) is 9.59 Å². The molecule has 2 atom stereocenters. The van der Waals surface area contributed by atoms with Crippen molar-refractivity contribution >= 4 is 11.8 Å². The number of carbonyl (C=O) groups excluding carboxylic acids is 2. The Morgan fingerprint density at radius 3 is 2.33 bits per heavy atom. The van der Waals surface area contributed by atoms with E-state index in [1.165, 1.54) is 0 Å². The largest absolute Gasteiger partial charge is 0.340 e. The third-order valence-electron chi connectivity index (χ3n) is 5.04. The molecular weight excluding hydrogens is 264 g/mol. The minimum atomic E-state index is -0.690. The zero-order chi connectivity index (χ0) is 14.6. The van der Waals surface area contributed by atoms with E-state index in [-0.39, 0.29) is 17.9 Å². The summed E-state index contributed by atoms with van der Waals surface area (Å²) in [6.07, 6.45) is 4.11. The van der Waals surface area contributed by atoms with E-state index in [4.69, 9.17) is 0 Å². The zero-order valence-corrected chi connectivity index (χ0v) is 12.2. The van der Waals surface area contributed by atoms with Crippen molar-refractivity contribution in [2.24, 2.45) is 5.92 Å². The number of hydrogen-bond acceptors (Lipinski definition) is 2. The van der Waals surface area contributed by atoms with Gasteiger partial charge in [0, 0.05) is 6.04 Å². The van der Waals surface area contributed by atoms with Gasteiger partial charge in [0.25, 0.3) is 0 Å². The summed E-state index contributed by atoms with van der Waals surface area (Å²) in [5.41, 5.74) is 0.221. The van der Waals surface area contributed by atoms with Gasteiger partial charge in [0.2, 0.25) is 11.8 Å². The third kappa shape index (κ3) is 1.96. The van der Waals surface area contributed by atoms with E-state index >= 15 is 0 Å². The predicted octanol–water partition coefficient (Wildman–Crippen LogP) is 2.02. The molecule has 2 unspecified atom stereocenters. The number of nitrogens with one attached hydrogen (secondary N) is 1. The van der Waals surface area contributed by atoms with Crippen LogP contribution in [0.2, 0.25) is 0 Å². The number of hydrogen-bond donors (Lipinski definition) is 1. The van der Waals surface area contributed by atoms with Gasteiger partial charge in [-0.1, -0.05) is 30.3 Å². The lowest BCUT2D eigenvalue weighted by atomic mass is 9.87. The van der Waals surface area contributed by atoms with Crippen LogP contribution in [0.25, 0.3) is 0 Å². The molecule has 3 aliphatic rings. The molecular formula is C17H20N2O2. The average Bonchev–Trinajstić information content (AvgIpc) is 3.36. The monoisotopic (exact) mass is 284 g/mol. The summed E-state index contributed by atoms with van der Waals surface area (Å²) < 4.78 is 0. The molecule has 1 saturated heterocycles. The maximum absolute atomic E-state index is 13.1. The number of rotatable bonds is 3. The first-order valence-electron chi connectivity index (χ1n) is 7.81. The standard InChI is InChI=1S/C17H20N2O2/c1-17(12-7-8-12)16(21)19(13-9-10-13)14(15(20)18-17)11-5-3-2-4-6-11/h2-6,12-14H,7-10H2,1H3,(H,18,20). The number of amides is 2. The smallest absolute Gasteiger partial charge is 0.249 e. The first kappa shape index (κ1) is 12.9. The Kier molecular flexibility index (Phi) is 2.65. The molecule has 0 aromatic heterocycles. The normalized spacial score (nSPS) is 33.0. The van der Waals surface area contributed by atoms with Crippen LogP contribution in [-0.4, -0.2) is 28.3 Å². The predicted molar refractivity (Wildman–Crippen MR) is 78.3 cm³/mol. The molecule has 2 saturated carbocycles. The summed E-state index contributed by atoms with van der Waals surface area (Å²) >= 11 is 0. The van der Waals surface area contributed by atoms with Crippen LogP contribution >= 0.6 is 0 Å². The Bertz CT molecular complexity index is 592. The quantitative estimate of drug-likeness (QED) is 0.923. The molecule has 110 valence electrons. The Hall–Kier alpha value is -1.84. The topological polar surface area (TPSA) is 49.4 Å². The van der Waals surface area contributed by atoms with E-state index in [9.17, 15) is 9.59 Å². The molecule has 1 N–H and O–H groups in total. The average molecular weight is 284 g/mol. The number of piperazine rings is 1. The van der Waals surface area contributed by atoms with Crippen molar-refractivity contribution in [2.45, 2.75) is 50.2 Å². The molecule has 0 radical (unpaired) electrons. The lowest BCUT2D eigenvalue weighted by Crippen LogP contribution is -2.67. The lowest BCUT2D eigenvalue weighted by molar-refractivity contribution is -0.156. The lowest BCUT2D eigenvalue weighted by Gasteiger charge is -2.45. The molecule has 0 bridgehead atoms. The minimum Gasteiger partial charge on any atom is -0.340 e. The third-order valence-corrected chi connectivity index (χ3v) is 5.04. The fourth-order valence-corrected chi connectivity index (χ4v) is 3.50. The van der Waals surface area contributed by atoms with Crippen LogP contribution in [0.4, 0.5) is 0 Å². The summed E-state index contributed by atoms with van der Waals surface area (Å²) in [6, 6.07) is 9.44. The van der Waals surface area contributed by atoms with Crippen molar-refractivity contribution < 1.29 is 9.59 Å². The minimum absolute atomic E-state index is 0.0258. The highest BCUT2D eigenvalue weighted by Gasteiger charge is 2.58. The van der Waals surface area contributed by atoms with Crippen molar-refractivity contribution in [1.82, 2.24) is 10.2 Å². The maximum Gasteiger partial charge on any atom is 0.249 e. The van der Waals surface area contributed by atoms with E-state index in [0.717, 1.165) is 31.2 Å². The molecule has 0 spiro atoms. The molecule has 3 fully saturated rings. The molecule has 4 heteroatoms. The van der Waals surface area contributed by atoms with Crippen LogP contribution in [0, 0.1) is 5.92 Å². The van der Waals surface area contributed by atoms with Gasteiger partial charge < -0.3 is 10.2 Å². The number of carbonyl (C=O) groups is 2. The summed E-state index contributed by atoms with van der Waals surface area (Å²) in [4.78, 5) is 27.6. The molecule has 4 rings (SSSR count). The van der Waals surface area contributed by atoms with Gasteiger partial charge in [0.1, 0.15) is 11.6 Å². The number of nitrogens with zero attached hydrogens (tertiary/aromatic N) is 1. The Balaban J connectivity index is 1.74. The summed E-state index contributed by atoms with van der Waals surface area (Å²) in [5.74, 6) is 0.398. The van der Waals surface area contributed by atoms with Gasteiger partial charge in [-0.05, 0) is 44.1 Å².